The Morgan fingerprint density at radius 3 is 1.92 bits per heavy atom. The summed E-state index contributed by atoms with van der Waals surface area (Å²) in [4.78, 5) is 0. The van der Waals surface area contributed by atoms with Gasteiger partial charge in [0.05, 0.1) is 0 Å². The number of alkyl halides is 3. The van der Waals surface area contributed by atoms with Crippen molar-refractivity contribution in [2.75, 3.05) is 0 Å². The molecule has 0 unspecified atom stereocenters. The molecule has 0 amide bonds. The van der Waals surface area contributed by atoms with Gasteiger partial charge in [-0.2, -0.15) is 13.2 Å². The molecule has 0 aromatic rings. The van der Waals surface area contributed by atoms with Crippen molar-refractivity contribution in [3.05, 3.63) is 23.3 Å². The fraction of sp³-hybridized carbons (Fsp3) is 0.556. The number of halogens is 3. The Bertz CT molecular complexity index is 192. The van der Waals surface area contributed by atoms with Gasteiger partial charge in [0.2, 0.25) is 0 Å². The molecule has 0 aromatic heterocycles. The molecular formula is C9H13F3. The van der Waals surface area contributed by atoms with Crippen LogP contribution in [0.25, 0.3) is 0 Å². The molecule has 0 radical (unpaired) electrons. The fourth-order valence-corrected chi connectivity index (χ4v) is 0.587. The van der Waals surface area contributed by atoms with E-state index in [4.69, 9.17) is 0 Å². The molecule has 0 saturated carbocycles. The minimum absolute atomic E-state index is 0.355. The number of rotatable bonds is 2. The number of hydrogen-bond acceptors (Lipinski definition) is 0. The minimum atomic E-state index is -4.17. The third-order valence-corrected chi connectivity index (χ3v) is 1.40. The van der Waals surface area contributed by atoms with Crippen molar-refractivity contribution in [2.24, 2.45) is 0 Å². The van der Waals surface area contributed by atoms with Crippen molar-refractivity contribution < 1.29 is 13.2 Å². The predicted molar refractivity (Wildman–Crippen MR) is 43.9 cm³/mol. The highest BCUT2D eigenvalue weighted by atomic mass is 19.4. The first kappa shape index (κ1) is 11.3. The molecule has 0 aromatic carbocycles. The smallest absolute Gasteiger partial charge is 0.167 e. The predicted octanol–water partition coefficient (Wildman–Crippen LogP) is 3.85. The van der Waals surface area contributed by atoms with E-state index in [0.29, 0.717) is 6.42 Å². The molecular weight excluding hydrogens is 165 g/mol. The van der Waals surface area contributed by atoms with Gasteiger partial charge in [-0.05, 0) is 27.2 Å². The molecule has 0 fully saturated rings. The Morgan fingerprint density at radius 1 is 1.08 bits per heavy atom. The molecule has 0 aliphatic heterocycles. The standard InChI is InChI=1S/C9H13F3/c1-7(2)5-4-6-8(3)9(10,11)12/h5-6H,4H2,1-3H3/b8-6+. The molecule has 0 aliphatic carbocycles. The zero-order chi connectivity index (χ0) is 9.78. The van der Waals surface area contributed by atoms with Crippen LogP contribution < -0.4 is 0 Å². The van der Waals surface area contributed by atoms with Crippen molar-refractivity contribution in [3.63, 3.8) is 0 Å². The van der Waals surface area contributed by atoms with Crippen LogP contribution in [0.5, 0.6) is 0 Å². The highest BCUT2D eigenvalue weighted by Crippen LogP contribution is 2.25. The van der Waals surface area contributed by atoms with Gasteiger partial charge in [-0.15, -0.1) is 0 Å². The quantitative estimate of drug-likeness (QED) is 0.563. The second-order valence-corrected chi connectivity index (χ2v) is 2.90. The maximum Gasteiger partial charge on any atom is 0.412 e. The molecule has 12 heavy (non-hydrogen) atoms. The monoisotopic (exact) mass is 178 g/mol. The average Bonchev–Trinajstić information content (AvgIpc) is 1.84. The Hall–Kier alpha value is -0.730. The van der Waals surface area contributed by atoms with Crippen LogP contribution in [-0.4, -0.2) is 6.18 Å². The first-order valence-corrected chi connectivity index (χ1v) is 3.71. The van der Waals surface area contributed by atoms with Gasteiger partial charge in [-0.1, -0.05) is 17.7 Å². The van der Waals surface area contributed by atoms with Crippen molar-refractivity contribution >= 4 is 0 Å². The van der Waals surface area contributed by atoms with Crippen molar-refractivity contribution in [2.45, 2.75) is 33.4 Å². The van der Waals surface area contributed by atoms with E-state index in [1.54, 1.807) is 6.08 Å². The normalized spacial score (nSPS) is 13.0. The van der Waals surface area contributed by atoms with Gasteiger partial charge < -0.3 is 0 Å². The molecule has 0 rings (SSSR count). The SMILES string of the molecule is CC(C)=CC/C=C(\C)C(F)(F)F. The third-order valence-electron chi connectivity index (χ3n) is 1.40. The summed E-state index contributed by atoms with van der Waals surface area (Å²) in [5.74, 6) is 0. The van der Waals surface area contributed by atoms with Crippen LogP contribution in [0, 0.1) is 0 Å². The first-order valence-electron chi connectivity index (χ1n) is 3.71. The summed E-state index contributed by atoms with van der Waals surface area (Å²) < 4.78 is 35.7. The molecule has 0 atom stereocenters. The second kappa shape index (κ2) is 4.33. The lowest BCUT2D eigenvalue weighted by atomic mass is 10.2. The highest BCUT2D eigenvalue weighted by Gasteiger charge is 2.29. The van der Waals surface area contributed by atoms with E-state index in [1.807, 2.05) is 13.8 Å². The van der Waals surface area contributed by atoms with E-state index in [9.17, 15) is 13.2 Å². The summed E-state index contributed by atoms with van der Waals surface area (Å²) in [6.07, 6.45) is -0.870. The molecule has 0 heterocycles. The van der Waals surface area contributed by atoms with Crippen LogP contribution in [0.1, 0.15) is 27.2 Å². The van der Waals surface area contributed by atoms with Crippen LogP contribution in [0.3, 0.4) is 0 Å². The summed E-state index contributed by atoms with van der Waals surface area (Å²) in [5, 5.41) is 0. The molecule has 0 aliphatic rings. The Balaban J connectivity index is 4.12. The second-order valence-electron chi connectivity index (χ2n) is 2.90. The van der Waals surface area contributed by atoms with Gasteiger partial charge in [0.1, 0.15) is 0 Å². The lowest BCUT2D eigenvalue weighted by Gasteiger charge is -2.04. The van der Waals surface area contributed by atoms with Crippen LogP contribution in [0.15, 0.2) is 23.3 Å². The van der Waals surface area contributed by atoms with E-state index < -0.39 is 11.7 Å². The van der Waals surface area contributed by atoms with Gasteiger partial charge in [-0.3, -0.25) is 0 Å². The zero-order valence-electron chi connectivity index (χ0n) is 7.50. The molecule has 0 bridgehead atoms. The number of allylic oxidation sites excluding steroid dienone is 4. The molecule has 0 spiro atoms. The molecule has 70 valence electrons. The molecule has 0 N–H and O–H groups in total. The summed E-state index contributed by atoms with van der Waals surface area (Å²) >= 11 is 0. The Morgan fingerprint density at radius 2 is 1.58 bits per heavy atom. The third kappa shape index (κ3) is 4.99. The van der Waals surface area contributed by atoms with E-state index in [1.165, 1.54) is 6.08 Å². The van der Waals surface area contributed by atoms with Gasteiger partial charge >= 0.3 is 6.18 Å². The van der Waals surface area contributed by atoms with Crippen molar-refractivity contribution in [3.8, 4) is 0 Å². The van der Waals surface area contributed by atoms with E-state index in [2.05, 4.69) is 0 Å². The molecule has 3 heteroatoms. The van der Waals surface area contributed by atoms with Gasteiger partial charge in [-0.25, -0.2) is 0 Å². The van der Waals surface area contributed by atoms with Crippen molar-refractivity contribution in [1.29, 1.82) is 0 Å². The average molecular weight is 178 g/mol. The fourth-order valence-electron chi connectivity index (χ4n) is 0.587. The van der Waals surface area contributed by atoms with E-state index >= 15 is 0 Å². The van der Waals surface area contributed by atoms with Crippen LogP contribution in [0.2, 0.25) is 0 Å². The Labute approximate surface area is 70.8 Å². The Kier molecular flexibility index (Phi) is 4.07. The van der Waals surface area contributed by atoms with Crippen LogP contribution in [0.4, 0.5) is 13.2 Å². The maximum absolute atomic E-state index is 11.9. The van der Waals surface area contributed by atoms with Gasteiger partial charge in [0.15, 0.2) is 0 Å². The van der Waals surface area contributed by atoms with Crippen LogP contribution in [-0.2, 0) is 0 Å². The van der Waals surface area contributed by atoms with Crippen LogP contribution >= 0.6 is 0 Å². The summed E-state index contributed by atoms with van der Waals surface area (Å²) in [5.41, 5.74) is 0.501. The molecule has 0 saturated heterocycles. The maximum atomic E-state index is 11.9. The number of hydrogen-bond donors (Lipinski definition) is 0. The lowest BCUT2D eigenvalue weighted by molar-refractivity contribution is -0.0915. The largest absolute Gasteiger partial charge is 0.412 e. The van der Waals surface area contributed by atoms with E-state index in [0.717, 1.165) is 12.5 Å². The van der Waals surface area contributed by atoms with E-state index in [-0.39, 0.29) is 0 Å². The lowest BCUT2D eigenvalue weighted by Crippen LogP contribution is -2.08. The summed E-state index contributed by atoms with van der Waals surface area (Å²) in [6.45, 7) is 4.80. The summed E-state index contributed by atoms with van der Waals surface area (Å²) in [6, 6.07) is 0. The minimum Gasteiger partial charge on any atom is -0.167 e. The highest BCUT2D eigenvalue weighted by molar-refractivity contribution is 5.09. The van der Waals surface area contributed by atoms with Gasteiger partial charge in [0, 0.05) is 5.57 Å². The zero-order valence-corrected chi connectivity index (χ0v) is 7.50. The van der Waals surface area contributed by atoms with Crippen molar-refractivity contribution in [1.82, 2.24) is 0 Å². The van der Waals surface area contributed by atoms with Gasteiger partial charge in [0.25, 0.3) is 0 Å². The summed E-state index contributed by atoms with van der Waals surface area (Å²) in [7, 11) is 0. The molecule has 0 nitrogen and oxygen atoms in total. The topological polar surface area (TPSA) is 0 Å². The first-order chi connectivity index (χ1) is 5.34.